The maximum Gasteiger partial charge on any atom is 0.230 e. The van der Waals surface area contributed by atoms with Gasteiger partial charge in [-0.05, 0) is 30.5 Å². The standard InChI is InChI=1S/C15H23NO2S/c1-4-13(5-2)16-15(17)11-19-10-12-6-8-14(18-3)9-7-12/h6-9,13H,4-5,10-11H2,1-3H3,(H,16,17). The Morgan fingerprint density at radius 1 is 1.26 bits per heavy atom. The van der Waals surface area contributed by atoms with E-state index in [-0.39, 0.29) is 5.91 Å². The molecule has 0 aliphatic heterocycles. The molecule has 0 spiro atoms. The van der Waals surface area contributed by atoms with Gasteiger partial charge in [-0.15, -0.1) is 11.8 Å². The fourth-order valence-corrected chi connectivity index (χ4v) is 2.54. The molecule has 0 aliphatic rings. The number of hydrogen-bond donors (Lipinski definition) is 1. The highest BCUT2D eigenvalue weighted by Gasteiger charge is 2.08. The molecule has 106 valence electrons. The zero-order chi connectivity index (χ0) is 14.1. The van der Waals surface area contributed by atoms with E-state index >= 15 is 0 Å². The Bertz CT molecular complexity index is 374. The topological polar surface area (TPSA) is 38.3 Å². The summed E-state index contributed by atoms with van der Waals surface area (Å²) in [6, 6.07) is 8.27. The molecule has 0 saturated heterocycles. The van der Waals surface area contributed by atoms with Crippen LogP contribution in [-0.2, 0) is 10.5 Å². The van der Waals surface area contributed by atoms with Gasteiger partial charge >= 0.3 is 0 Å². The van der Waals surface area contributed by atoms with Crippen molar-refractivity contribution in [1.29, 1.82) is 0 Å². The second-order valence-corrected chi connectivity index (χ2v) is 5.41. The minimum Gasteiger partial charge on any atom is -0.497 e. The first kappa shape index (κ1) is 15.9. The molecule has 0 saturated carbocycles. The van der Waals surface area contributed by atoms with Crippen LogP contribution in [0.25, 0.3) is 0 Å². The van der Waals surface area contributed by atoms with Crippen LogP contribution >= 0.6 is 11.8 Å². The van der Waals surface area contributed by atoms with Crippen molar-refractivity contribution in [2.24, 2.45) is 0 Å². The predicted molar refractivity (Wildman–Crippen MR) is 81.7 cm³/mol. The molecule has 1 aromatic carbocycles. The van der Waals surface area contributed by atoms with Crippen molar-refractivity contribution < 1.29 is 9.53 Å². The van der Waals surface area contributed by atoms with Crippen LogP contribution in [0, 0.1) is 0 Å². The smallest absolute Gasteiger partial charge is 0.230 e. The Hall–Kier alpha value is -1.16. The molecule has 0 radical (unpaired) electrons. The van der Waals surface area contributed by atoms with E-state index in [1.807, 2.05) is 24.3 Å². The van der Waals surface area contributed by atoms with Gasteiger partial charge in [0.25, 0.3) is 0 Å². The lowest BCUT2D eigenvalue weighted by molar-refractivity contribution is -0.119. The second-order valence-electron chi connectivity index (χ2n) is 4.42. The van der Waals surface area contributed by atoms with Crippen LogP contribution < -0.4 is 10.1 Å². The Balaban J connectivity index is 2.27. The Morgan fingerprint density at radius 2 is 1.89 bits per heavy atom. The minimum absolute atomic E-state index is 0.132. The lowest BCUT2D eigenvalue weighted by atomic mass is 10.2. The summed E-state index contributed by atoms with van der Waals surface area (Å²) in [4.78, 5) is 11.7. The van der Waals surface area contributed by atoms with Gasteiger partial charge in [-0.1, -0.05) is 26.0 Å². The molecule has 1 N–H and O–H groups in total. The molecule has 0 bridgehead atoms. The van der Waals surface area contributed by atoms with Crippen molar-refractivity contribution in [3.63, 3.8) is 0 Å². The number of carbonyl (C=O) groups is 1. The third kappa shape index (κ3) is 6.01. The van der Waals surface area contributed by atoms with Crippen molar-refractivity contribution >= 4 is 17.7 Å². The number of nitrogens with one attached hydrogen (secondary N) is 1. The molecule has 0 atom stereocenters. The van der Waals surface area contributed by atoms with E-state index in [9.17, 15) is 4.79 Å². The SMILES string of the molecule is CCC(CC)NC(=O)CSCc1ccc(OC)cc1. The predicted octanol–water partition coefficient (Wildman–Crippen LogP) is 3.23. The highest BCUT2D eigenvalue weighted by molar-refractivity contribution is 7.99. The molecule has 1 amide bonds. The number of carbonyl (C=O) groups excluding carboxylic acids is 1. The number of amides is 1. The van der Waals surface area contributed by atoms with E-state index < -0.39 is 0 Å². The number of benzene rings is 1. The first-order valence-electron chi connectivity index (χ1n) is 6.69. The van der Waals surface area contributed by atoms with Crippen LogP contribution in [0.4, 0.5) is 0 Å². The van der Waals surface area contributed by atoms with Crippen LogP contribution in [0.15, 0.2) is 24.3 Å². The summed E-state index contributed by atoms with van der Waals surface area (Å²) in [6.45, 7) is 4.19. The molecule has 0 unspecified atom stereocenters. The van der Waals surface area contributed by atoms with Gasteiger partial charge in [0.1, 0.15) is 5.75 Å². The zero-order valence-electron chi connectivity index (χ0n) is 11.9. The van der Waals surface area contributed by atoms with Crippen molar-refractivity contribution in [3.8, 4) is 5.75 Å². The first-order valence-corrected chi connectivity index (χ1v) is 7.85. The zero-order valence-corrected chi connectivity index (χ0v) is 12.8. The highest BCUT2D eigenvalue weighted by atomic mass is 32.2. The van der Waals surface area contributed by atoms with Gasteiger partial charge < -0.3 is 10.1 Å². The summed E-state index contributed by atoms with van der Waals surface area (Å²) in [5.41, 5.74) is 1.21. The van der Waals surface area contributed by atoms with E-state index in [0.29, 0.717) is 11.8 Å². The number of rotatable bonds is 8. The maximum atomic E-state index is 11.7. The average Bonchev–Trinajstić information content (AvgIpc) is 2.45. The normalized spacial score (nSPS) is 10.5. The molecule has 4 heteroatoms. The molecule has 0 fully saturated rings. The van der Waals surface area contributed by atoms with Crippen molar-refractivity contribution in [2.75, 3.05) is 12.9 Å². The molecule has 1 aromatic rings. The number of thioether (sulfide) groups is 1. The summed E-state index contributed by atoms with van der Waals surface area (Å²) < 4.78 is 5.11. The first-order chi connectivity index (χ1) is 9.19. The second kappa shape index (κ2) is 8.86. The summed E-state index contributed by atoms with van der Waals surface area (Å²) in [7, 11) is 1.66. The molecule has 19 heavy (non-hydrogen) atoms. The number of hydrogen-bond acceptors (Lipinski definition) is 3. The number of methoxy groups -OCH3 is 1. The molecule has 3 nitrogen and oxygen atoms in total. The lowest BCUT2D eigenvalue weighted by Crippen LogP contribution is -2.35. The van der Waals surface area contributed by atoms with E-state index in [4.69, 9.17) is 4.74 Å². The van der Waals surface area contributed by atoms with E-state index in [0.717, 1.165) is 24.3 Å². The van der Waals surface area contributed by atoms with Crippen LogP contribution in [0.1, 0.15) is 32.3 Å². The van der Waals surface area contributed by atoms with Crippen LogP contribution in [0.2, 0.25) is 0 Å². The van der Waals surface area contributed by atoms with E-state index in [1.165, 1.54) is 5.56 Å². The summed E-state index contributed by atoms with van der Waals surface area (Å²) >= 11 is 1.64. The minimum atomic E-state index is 0.132. The Morgan fingerprint density at radius 3 is 2.42 bits per heavy atom. The van der Waals surface area contributed by atoms with Crippen LogP contribution in [0.5, 0.6) is 5.75 Å². The van der Waals surface area contributed by atoms with Crippen molar-refractivity contribution in [2.45, 2.75) is 38.5 Å². The molecular formula is C15H23NO2S. The third-order valence-electron chi connectivity index (χ3n) is 3.01. The quantitative estimate of drug-likeness (QED) is 0.795. The summed E-state index contributed by atoms with van der Waals surface area (Å²) in [6.07, 6.45) is 1.98. The fraction of sp³-hybridized carbons (Fsp3) is 0.533. The van der Waals surface area contributed by atoms with Crippen molar-refractivity contribution in [1.82, 2.24) is 5.32 Å². The summed E-state index contributed by atoms with van der Waals surface area (Å²) in [5, 5.41) is 3.04. The Kier molecular flexibility index (Phi) is 7.41. The van der Waals surface area contributed by atoms with Gasteiger partial charge in [0.05, 0.1) is 12.9 Å². The average molecular weight is 281 g/mol. The van der Waals surface area contributed by atoms with Crippen LogP contribution in [-0.4, -0.2) is 24.8 Å². The lowest BCUT2D eigenvalue weighted by Gasteiger charge is -2.14. The maximum absolute atomic E-state index is 11.7. The van der Waals surface area contributed by atoms with Gasteiger partial charge in [-0.3, -0.25) is 4.79 Å². The highest BCUT2D eigenvalue weighted by Crippen LogP contribution is 2.16. The summed E-state index contributed by atoms with van der Waals surface area (Å²) in [5.74, 6) is 2.36. The monoisotopic (exact) mass is 281 g/mol. The van der Waals surface area contributed by atoms with E-state index in [1.54, 1.807) is 18.9 Å². The van der Waals surface area contributed by atoms with E-state index in [2.05, 4.69) is 19.2 Å². The van der Waals surface area contributed by atoms with Gasteiger partial charge in [0, 0.05) is 11.8 Å². The van der Waals surface area contributed by atoms with Gasteiger partial charge in [0.2, 0.25) is 5.91 Å². The fourth-order valence-electron chi connectivity index (χ4n) is 1.75. The number of ether oxygens (including phenoxy) is 1. The van der Waals surface area contributed by atoms with Gasteiger partial charge in [-0.2, -0.15) is 0 Å². The molecular weight excluding hydrogens is 258 g/mol. The van der Waals surface area contributed by atoms with Crippen LogP contribution in [0.3, 0.4) is 0 Å². The largest absolute Gasteiger partial charge is 0.497 e. The molecule has 1 rings (SSSR count). The molecule has 0 aliphatic carbocycles. The van der Waals surface area contributed by atoms with Gasteiger partial charge in [0.15, 0.2) is 0 Å². The van der Waals surface area contributed by atoms with Crippen molar-refractivity contribution in [3.05, 3.63) is 29.8 Å². The molecule has 0 aromatic heterocycles. The third-order valence-corrected chi connectivity index (χ3v) is 4.02. The molecule has 0 heterocycles. The Labute approximate surface area is 120 Å². The van der Waals surface area contributed by atoms with Gasteiger partial charge in [-0.25, -0.2) is 0 Å².